The molecular formula is C19H19ClN2. The van der Waals surface area contributed by atoms with E-state index in [1.54, 1.807) is 0 Å². The Labute approximate surface area is 163 Å². The first kappa shape index (κ1) is 4.25. The molecule has 1 aliphatic carbocycles. The van der Waals surface area contributed by atoms with Crippen molar-refractivity contribution in [2.75, 3.05) is 13.0 Å². The minimum Gasteiger partial charge on any atom is -0.316 e. The van der Waals surface area contributed by atoms with Gasteiger partial charge in [0.2, 0.25) is 0 Å². The van der Waals surface area contributed by atoms with Crippen LogP contribution in [-0.2, 0) is 12.7 Å². The average Bonchev–Trinajstić information content (AvgIpc) is 2.89. The standard InChI is InChI=1S/C19H19ClN2/c20-16-5-6-17-15(12-16)4-3-14-2-1-9-22-19(14)18(17)13-7-10-21-11-8-13/h1-2,5-6,9,12,21H,3-4,7-8,10-11H2/i1D,2D,3D2,4D2,5D,6D,7D2,8D2,9D,10D2,11D2,12D/hD. The van der Waals surface area contributed by atoms with Crippen LogP contribution in [0.25, 0.3) is 5.57 Å². The van der Waals surface area contributed by atoms with Crippen molar-refractivity contribution in [3.63, 3.8) is 0 Å². The van der Waals surface area contributed by atoms with Crippen LogP contribution in [-0.4, -0.2) is 18.0 Å². The Bertz CT molecular complexity index is 1520. The molecule has 1 saturated heterocycles. The van der Waals surface area contributed by atoms with Crippen molar-refractivity contribution >= 4 is 17.2 Å². The molecule has 1 aliphatic heterocycles. The molecule has 1 aromatic carbocycles. The van der Waals surface area contributed by atoms with E-state index in [2.05, 4.69) is 4.98 Å². The summed E-state index contributed by atoms with van der Waals surface area (Å²) >= 11 is 6.03. The molecule has 1 fully saturated rings. The van der Waals surface area contributed by atoms with Gasteiger partial charge < -0.3 is 5.31 Å². The number of hydrogen-bond acceptors (Lipinski definition) is 2. The topological polar surface area (TPSA) is 24.9 Å². The third-order valence-electron chi connectivity index (χ3n) is 2.95. The molecule has 0 radical (unpaired) electrons. The van der Waals surface area contributed by atoms with E-state index in [-0.39, 0.29) is 0 Å². The zero-order valence-electron chi connectivity index (χ0n) is 29.8. The Kier molecular flexibility index (Phi) is 1.13. The lowest BCUT2D eigenvalue weighted by molar-refractivity contribution is 0.611. The van der Waals surface area contributed by atoms with E-state index < -0.39 is 119 Å². The van der Waals surface area contributed by atoms with E-state index >= 15 is 0 Å². The van der Waals surface area contributed by atoms with Crippen LogP contribution >= 0.6 is 11.6 Å². The van der Waals surface area contributed by atoms with Crippen molar-refractivity contribution in [2.45, 2.75) is 25.5 Å². The Morgan fingerprint density at radius 2 is 1.95 bits per heavy atom. The highest BCUT2D eigenvalue weighted by molar-refractivity contribution is 6.30. The molecule has 0 atom stereocenters. The smallest absolute Gasteiger partial charge is 0.122 e. The third kappa shape index (κ3) is 2.47. The van der Waals surface area contributed by atoms with Crippen molar-refractivity contribution in [1.82, 2.24) is 10.3 Å². The van der Waals surface area contributed by atoms with Crippen molar-refractivity contribution in [3.05, 3.63) is 69.4 Å². The molecule has 0 amide bonds. The molecule has 3 heteroatoms. The molecule has 1 aromatic heterocycles. The number of benzene rings is 1. The minimum atomic E-state index is -3.75. The highest BCUT2D eigenvalue weighted by Crippen LogP contribution is 2.37. The molecule has 0 unspecified atom stereocenters. The second-order valence-electron chi connectivity index (χ2n) is 4.22. The average molecular weight is 330 g/mol. The van der Waals surface area contributed by atoms with Crippen LogP contribution in [0.3, 0.4) is 0 Å². The minimum absolute atomic E-state index is 0.581. The summed E-state index contributed by atoms with van der Waals surface area (Å²) in [5.74, 6) is 0. The van der Waals surface area contributed by atoms with Gasteiger partial charge >= 0.3 is 0 Å². The number of hydrogen-bond donors (Lipinski definition) is 1. The molecule has 2 aliphatic rings. The molecule has 1 N–H and O–H groups in total. The fraction of sp³-hybridized carbons (Fsp3) is 0.316. The summed E-state index contributed by atoms with van der Waals surface area (Å²) in [6.45, 7) is -7.39. The molecule has 2 nitrogen and oxygen atoms in total. The maximum absolute atomic E-state index is 8.75. The Morgan fingerprint density at radius 1 is 1.14 bits per heavy atom. The molecule has 0 spiro atoms. The van der Waals surface area contributed by atoms with Crippen LogP contribution in [0.1, 0.15) is 59.8 Å². The van der Waals surface area contributed by atoms with Gasteiger partial charge in [-0.05, 0) is 73.3 Å². The van der Waals surface area contributed by atoms with E-state index in [9.17, 15) is 0 Å². The van der Waals surface area contributed by atoms with E-state index in [0.29, 0.717) is 0 Å². The monoisotopic (exact) mass is 329 g/mol. The summed E-state index contributed by atoms with van der Waals surface area (Å²) in [6, 6.07) is -5.36. The van der Waals surface area contributed by atoms with Crippen LogP contribution < -0.4 is 5.31 Å². The van der Waals surface area contributed by atoms with E-state index in [0.717, 1.165) is 0 Å². The summed E-state index contributed by atoms with van der Waals surface area (Å²) < 4.78 is 160. The van der Waals surface area contributed by atoms with Gasteiger partial charge in [0.15, 0.2) is 0 Å². The highest BCUT2D eigenvalue weighted by atomic mass is 35.5. The van der Waals surface area contributed by atoms with Crippen LogP contribution in [0.5, 0.6) is 0 Å². The van der Waals surface area contributed by atoms with Crippen molar-refractivity contribution in [2.24, 2.45) is 0 Å². The first-order chi connectivity index (χ1) is 18.3. The zero-order valence-corrected chi connectivity index (χ0v) is 11.5. The van der Waals surface area contributed by atoms with Gasteiger partial charge in [-0.15, -0.1) is 0 Å². The molecule has 112 valence electrons. The molecule has 0 bridgehead atoms. The van der Waals surface area contributed by atoms with Crippen molar-refractivity contribution < 1.29 is 26.1 Å². The van der Waals surface area contributed by atoms with Crippen LogP contribution in [0.4, 0.5) is 0 Å². The number of piperidine rings is 1. The number of fused-ring (bicyclic) bond motifs is 2. The predicted octanol–water partition coefficient (Wildman–Crippen LogP) is 4.02. The highest BCUT2D eigenvalue weighted by Gasteiger charge is 2.23. The van der Waals surface area contributed by atoms with Crippen molar-refractivity contribution in [3.8, 4) is 0 Å². The maximum atomic E-state index is 8.75. The first-order valence-electron chi connectivity index (χ1n) is 15.5. The lowest BCUT2D eigenvalue weighted by Gasteiger charge is -2.21. The fourth-order valence-corrected chi connectivity index (χ4v) is 2.21. The summed E-state index contributed by atoms with van der Waals surface area (Å²) in [4.78, 5) is 3.74. The number of nitrogens with one attached hydrogen (secondary N) is 1. The number of nitrogens with zero attached hydrogens (tertiary/aromatic N) is 1. The lowest BCUT2D eigenvalue weighted by Crippen LogP contribution is -2.24. The van der Waals surface area contributed by atoms with E-state index in [4.69, 9.17) is 37.7 Å². The van der Waals surface area contributed by atoms with Gasteiger partial charge in [-0.2, -0.15) is 0 Å². The van der Waals surface area contributed by atoms with Crippen molar-refractivity contribution in [1.29, 1.82) is 0 Å². The van der Waals surface area contributed by atoms with Crippen LogP contribution in [0, 0.1) is 0 Å². The van der Waals surface area contributed by atoms with Crippen LogP contribution in [0.2, 0.25) is 6.43 Å². The van der Waals surface area contributed by atoms with Gasteiger partial charge in [-0.3, -0.25) is 4.98 Å². The zero-order chi connectivity index (χ0) is 31.8. The largest absolute Gasteiger partial charge is 0.316 e. The Balaban J connectivity index is 2.53. The second-order valence-corrected chi connectivity index (χ2v) is 4.60. The van der Waals surface area contributed by atoms with Gasteiger partial charge in [-0.1, -0.05) is 29.3 Å². The summed E-state index contributed by atoms with van der Waals surface area (Å²) in [7, 11) is 0. The van der Waals surface area contributed by atoms with Gasteiger partial charge in [0.1, 0.15) is 1.41 Å². The quantitative estimate of drug-likeness (QED) is 0.789. The molecule has 2 aromatic rings. The number of rotatable bonds is 0. The molecule has 2 heterocycles. The number of pyridine rings is 1. The number of halogens is 1. The molecule has 4 rings (SSSR count). The van der Waals surface area contributed by atoms with Gasteiger partial charge in [-0.25, -0.2) is 0 Å². The fourth-order valence-electron chi connectivity index (χ4n) is 2.06. The first-order valence-corrected chi connectivity index (χ1v) is 6.46. The van der Waals surface area contributed by atoms with Crippen LogP contribution in [0.15, 0.2) is 42.0 Å². The predicted molar refractivity (Wildman–Crippen MR) is 91.2 cm³/mol. The third-order valence-corrected chi connectivity index (χ3v) is 3.14. The summed E-state index contributed by atoms with van der Waals surface area (Å²) in [5.41, 5.74) is -7.17. The van der Waals surface area contributed by atoms with E-state index in [1.807, 2.05) is 0 Å². The molecule has 22 heavy (non-hydrogen) atoms. The summed E-state index contributed by atoms with van der Waals surface area (Å²) in [6.07, 6.45) is -15.5. The lowest BCUT2D eigenvalue weighted by atomic mass is 9.89. The second kappa shape index (κ2) is 5.86. The number of aromatic nitrogens is 1. The maximum Gasteiger partial charge on any atom is 0.122 e. The van der Waals surface area contributed by atoms with E-state index in [1.165, 1.54) is 0 Å². The summed E-state index contributed by atoms with van der Waals surface area (Å²) in [5, 5.41) is -1.43. The Hall–Kier alpha value is -1.64. The Morgan fingerprint density at radius 3 is 2.82 bits per heavy atom. The molecular weight excluding hydrogens is 292 g/mol. The van der Waals surface area contributed by atoms with Gasteiger partial charge in [0.05, 0.1) is 13.9 Å². The van der Waals surface area contributed by atoms with Gasteiger partial charge in [0.25, 0.3) is 0 Å². The van der Waals surface area contributed by atoms with Gasteiger partial charge in [0, 0.05) is 33.2 Å². The molecule has 0 saturated carbocycles. The normalized spacial score (nSPS) is 44.9. The SMILES string of the molecule is [2H]c1nc2c(c([2H])c1[2H])C([2H])([2H])C([2H])([2H])c1c([2H])c(Cl)c([2H])c([2H])c1C2=C1C([2H])([2H])C([2H])([2H])N([2H])C([2H])([2H])C1([2H])[2H].